The van der Waals surface area contributed by atoms with E-state index in [1.807, 2.05) is 24.3 Å². The lowest BCUT2D eigenvalue weighted by molar-refractivity contribution is 0.274. The highest BCUT2D eigenvalue weighted by Crippen LogP contribution is 2.22. The number of hydrogen-bond donors (Lipinski definition) is 1. The maximum absolute atomic E-state index is 13.3. The van der Waals surface area contributed by atoms with Crippen LogP contribution < -0.4 is 10.5 Å². The predicted octanol–water partition coefficient (Wildman–Crippen LogP) is 3.00. The van der Waals surface area contributed by atoms with Crippen LogP contribution in [0.3, 0.4) is 0 Å². The van der Waals surface area contributed by atoms with Crippen LogP contribution in [-0.2, 0) is 13.2 Å². The molecule has 0 aliphatic rings. The Morgan fingerprint density at radius 1 is 0.944 bits per heavy atom. The Kier molecular flexibility index (Phi) is 3.89. The first-order valence-corrected chi connectivity index (χ1v) is 5.55. The molecule has 4 heteroatoms. The van der Waals surface area contributed by atoms with Gasteiger partial charge in [-0.15, -0.1) is 0 Å². The maximum atomic E-state index is 13.3. The summed E-state index contributed by atoms with van der Waals surface area (Å²) >= 11 is 0. The number of rotatable bonds is 4. The van der Waals surface area contributed by atoms with Gasteiger partial charge < -0.3 is 10.5 Å². The van der Waals surface area contributed by atoms with E-state index in [9.17, 15) is 8.78 Å². The fourth-order valence-corrected chi connectivity index (χ4v) is 1.62. The molecule has 2 rings (SSSR count). The molecule has 2 aromatic rings. The van der Waals surface area contributed by atoms with E-state index in [0.717, 1.165) is 23.3 Å². The van der Waals surface area contributed by atoms with Gasteiger partial charge in [0.05, 0.1) is 0 Å². The van der Waals surface area contributed by atoms with Crippen molar-refractivity contribution in [1.82, 2.24) is 0 Å². The Hall–Kier alpha value is -1.94. The lowest BCUT2D eigenvalue weighted by Crippen LogP contribution is -2.02. The second-order valence-corrected chi connectivity index (χ2v) is 3.86. The van der Waals surface area contributed by atoms with Crippen molar-refractivity contribution < 1.29 is 13.5 Å². The third-order valence-corrected chi connectivity index (χ3v) is 2.53. The standard InChI is InChI=1S/C14H13F2NO/c15-12-5-2-6-13(16)14(12)18-9-11-4-1-3-10(7-11)8-17/h1-7H,8-9,17H2. The zero-order valence-corrected chi connectivity index (χ0v) is 9.70. The van der Waals surface area contributed by atoms with Crippen LogP contribution in [0.4, 0.5) is 8.78 Å². The first-order valence-electron chi connectivity index (χ1n) is 5.55. The third-order valence-electron chi connectivity index (χ3n) is 2.53. The van der Waals surface area contributed by atoms with Gasteiger partial charge in [0.15, 0.2) is 17.4 Å². The molecule has 0 aliphatic heterocycles. The van der Waals surface area contributed by atoms with E-state index in [-0.39, 0.29) is 12.4 Å². The van der Waals surface area contributed by atoms with E-state index < -0.39 is 11.6 Å². The summed E-state index contributed by atoms with van der Waals surface area (Å²) in [4.78, 5) is 0. The third kappa shape index (κ3) is 2.84. The summed E-state index contributed by atoms with van der Waals surface area (Å²) in [5, 5.41) is 0. The second-order valence-electron chi connectivity index (χ2n) is 3.86. The SMILES string of the molecule is NCc1cccc(COc2c(F)cccc2F)c1. The second kappa shape index (κ2) is 5.60. The van der Waals surface area contributed by atoms with Crippen LogP contribution in [0.1, 0.15) is 11.1 Å². The van der Waals surface area contributed by atoms with Crippen LogP contribution in [0, 0.1) is 11.6 Å². The average molecular weight is 249 g/mol. The Bertz CT molecular complexity index is 523. The number of benzene rings is 2. The molecule has 0 bridgehead atoms. The Balaban J connectivity index is 2.11. The van der Waals surface area contributed by atoms with Gasteiger partial charge in [0.25, 0.3) is 0 Å². The first kappa shape index (κ1) is 12.5. The van der Waals surface area contributed by atoms with Gasteiger partial charge in [-0.25, -0.2) is 8.78 Å². The van der Waals surface area contributed by atoms with Crippen molar-refractivity contribution in [2.75, 3.05) is 0 Å². The van der Waals surface area contributed by atoms with Gasteiger partial charge in [0.2, 0.25) is 0 Å². The van der Waals surface area contributed by atoms with Crippen molar-refractivity contribution in [3.8, 4) is 5.75 Å². The van der Waals surface area contributed by atoms with Gasteiger partial charge in [-0.1, -0.05) is 30.3 Å². The predicted molar refractivity (Wildman–Crippen MR) is 65.0 cm³/mol. The van der Waals surface area contributed by atoms with Crippen molar-refractivity contribution in [2.45, 2.75) is 13.2 Å². The average Bonchev–Trinajstić information content (AvgIpc) is 2.38. The van der Waals surface area contributed by atoms with E-state index in [0.29, 0.717) is 6.54 Å². The van der Waals surface area contributed by atoms with Gasteiger partial charge >= 0.3 is 0 Å². The van der Waals surface area contributed by atoms with Crippen LogP contribution in [0.15, 0.2) is 42.5 Å². The first-order chi connectivity index (χ1) is 8.70. The number of hydrogen-bond acceptors (Lipinski definition) is 2. The largest absolute Gasteiger partial charge is 0.483 e. The van der Waals surface area contributed by atoms with Crippen molar-refractivity contribution >= 4 is 0 Å². The molecular formula is C14H13F2NO. The van der Waals surface area contributed by atoms with Crippen LogP contribution in [0.2, 0.25) is 0 Å². The highest BCUT2D eigenvalue weighted by molar-refractivity contribution is 5.27. The highest BCUT2D eigenvalue weighted by Gasteiger charge is 2.09. The molecule has 94 valence electrons. The smallest absolute Gasteiger partial charge is 0.191 e. The molecule has 0 atom stereocenters. The minimum atomic E-state index is -0.704. The lowest BCUT2D eigenvalue weighted by atomic mass is 10.1. The molecule has 2 aromatic carbocycles. The van der Waals surface area contributed by atoms with Crippen molar-refractivity contribution in [3.63, 3.8) is 0 Å². The van der Waals surface area contributed by atoms with Crippen LogP contribution >= 0.6 is 0 Å². The summed E-state index contributed by atoms with van der Waals surface area (Å²) < 4.78 is 31.8. The van der Waals surface area contributed by atoms with Crippen LogP contribution in [0.5, 0.6) is 5.75 Å². The molecule has 0 unspecified atom stereocenters. The minimum absolute atomic E-state index is 0.103. The number of halogens is 2. The van der Waals surface area contributed by atoms with E-state index in [2.05, 4.69) is 0 Å². The molecule has 2 N–H and O–H groups in total. The maximum Gasteiger partial charge on any atom is 0.191 e. The molecule has 0 amide bonds. The Morgan fingerprint density at radius 3 is 2.22 bits per heavy atom. The summed E-state index contributed by atoms with van der Waals surface area (Å²) in [5.41, 5.74) is 7.28. The van der Waals surface area contributed by atoms with Crippen LogP contribution in [-0.4, -0.2) is 0 Å². The van der Waals surface area contributed by atoms with Gasteiger partial charge in [0.1, 0.15) is 6.61 Å². The van der Waals surface area contributed by atoms with Crippen molar-refractivity contribution in [3.05, 3.63) is 65.2 Å². The van der Waals surface area contributed by atoms with Crippen LogP contribution in [0.25, 0.3) is 0 Å². The van der Waals surface area contributed by atoms with E-state index >= 15 is 0 Å². The van der Waals surface area contributed by atoms with Crippen molar-refractivity contribution in [1.29, 1.82) is 0 Å². The molecule has 0 spiro atoms. The number of ether oxygens (including phenoxy) is 1. The summed E-state index contributed by atoms with van der Waals surface area (Å²) in [5.74, 6) is -1.76. The number of para-hydroxylation sites is 1. The monoisotopic (exact) mass is 249 g/mol. The fraction of sp³-hybridized carbons (Fsp3) is 0.143. The van der Waals surface area contributed by atoms with Gasteiger partial charge in [0, 0.05) is 6.54 Å². The Labute approximate surface area is 104 Å². The minimum Gasteiger partial charge on any atom is -0.483 e. The van der Waals surface area contributed by atoms with Gasteiger partial charge in [-0.3, -0.25) is 0 Å². The zero-order chi connectivity index (χ0) is 13.0. The molecule has 0 radical (unpaired) electrons. The fourth-order valence-electron chi connectivity index (χ4n) is 1.62. The van der Waals surface area contributed by atoms with E-state index in [1.165, 1.54) is 6.07 Å². The van der Waals surface area contributed by atoms with E-state index in [4.69, 9.17) is 10.5 Å². The van der Waals surface area contributed by atoms with Gasteiger partial charge in [-0.05, 0) is 23.3 Å². The molecular weight excluding hydrogens is 236 g/mol. The Morgan fingerprint density at radius 2 is 1.56 bits per heavy atom. The molecule has 0 heterocycles. The molecule has 0 fully saturated rings. The number of nitrogens with two attached hydrogens (primary N) is 1. The lowest BCUT2D eigenvalue weighted by Gasteiger charge is -2.09. The summed E-state index contributed by atoms with van der Waals surface area (Å²) in [6.07, 6.45) is 0. The summed E-state index contributed by atoms with van der Waals surface area (Å²) in [6.45, 7) is 0.521. The molecule has 18 heavy (non-hydrogen) atoms. The molecule has 0 aromatic heterocycles. The topological polar surface area (TPSA) is 35.2 Å². The molecule has 0 saturated heterocycles. The molecule has 0 aliphatic carbocycles. The normalized spacial score (nSPS) is 10.4. The molecule has 0 saturated carbocycles. The quantitative estimate of drug-likeness (QED) is 0.904. The highest BCUT2D eigenvalue weighted by atomic mass is 19.1. The zero-order valence-electron chi connectivity index (χ0n) is 9.70. The van der Waals surface area contributed by atoms with E-state index in [1.54, 1.807) is 0 Å². The molecule has 2 nitrogen and oxygen atoms in total. The summed E-state index contributed by atoms with van der Waals surface area (Å²) in [6, 6.07) is 11.0. The van der Waals surface area contributed by atoms with Crippen molar-refractivity contribution in [2.24, 2.45) is 5.73 Å². The summed E-state index contributed by atoms with van der Waals surface area (Å²) in [7, 11) is 0. The van der Waals surface area contributed by atoms with Gasteiger partial charge in [-0.2, -0.15) is 0 Å².